The maximum atomic E-state index is 13.0. The van der Waals surface area contributed by atoms with E-state index in [0.717, 1.165) is 25.0 Å². The lowest BCUT2D eigenvalue weighted by molar-refractivity contribution is -0.139. The number of hydrogen-bond donors (Lipinski definition) is 2. The number of nitrogens with one attached hydrogen (secondary N) is 1. The molecule has 3 heterocycles. The summed E-state index contributed by atoms with van der Waals surface area (Å²) in [6.07, 6.45) is 4.84. The summed E-state index contributed by atoms with van der Waals surface area (Å²) >= 11 is 0. The number of piperidine rings is 2. The lowest BCUT2D eigenvalue weighted by Gasteiger charge is -2.43. The number of rotatable bonds is 4. The van der Waals surface area contributed by atoms with Gasteiger partial charge in [-0.15, -0.1) is 0 Å². The Morgan fingerprint density at radius 2 is 1.90 bits per heavy atom. The van der Waals surface area contributed by atoms with E-state index in [1.165, 1.54) is 0 Å². The van der Waals surface area contributed by atoms with Crippen LogP contribution in [-0.4, -0.2) is 90.0 Å². The van der Waals surface area contributed by atoms with Gasteiger partial charge in [0.1, 0.15) is 12.8 Å². The number of fused-ring (bicyclic) bond motifs is 1. The lowest BCUT2D eigenvalue weighted by atomic mass is 9.89. The van der Waals surface area contributed by atoms with E-state index in [9.17, 15) is 14.7 Å². The average molecular weight is 437 g/mol. The molecule has 3 aliphatic heterocycles. The standard InChI is InChI=1S/C23H40N4O4/c1-6-19(23(2,3)4)25(5)21(29)13-16-7-10-26(11-8-16)22(30)27-12-9-18-17(14-27)24-20(28)15-31-18/h6,16-18,21,29H,7-15H2,1-5H3,(H,24,28)/b19-6-. The molecule has 0 aromatic carbocycles. The van der Waals surface area contributed by atoms with Gasteiger partial charge in [0.15, 0.2) is 0 Å². The second-order valence-corrected chi connectivity index (χ2v) is 10.2. The number of nitrogens with zero attached hydrogens (tertiary/aromatic N) is 3. The minimum absolute atomic E-state index is 0.0149. The van der Waals surface area contributed by atoms with Gasteiger partial charge in [-0.3, -0.25) is 4.79 Å². The third kappa shape index (κ3) is 5.71. The van der Waals surface area contributed by atoms with E-state index in [2.05, 4.69) is 32.2 Å². The highest BCUT2D eigenvalue weighted by Gasteiger charge is 2.38. The van der Waals surface area contributed by atoms with Crippen molar-refractivity contribution in [3.05, 3.63) is 11.8 Å². The van der Waals surface area contributed by atoms with Crippen LogP contribution in [0.5, 0.6) is 0 Å². The van der Waals surface area contributed by atoms with Crippen LogP contribution in [0.1, 0.15) is 53.4 Å². The predicted octanol–water partition coefficient (Wildman–Crippen LogP) is 2.00. The SMILES string of the molecule is C/C=C(\N(C)C(O)CC1CCN(C(=O)N2CCC3OCC(=O)NC3C2)CC1)C(C)(C)C. The van der Waals surface area contributed by atoms with E-state index in [1.807, 2.05) is 28.7 Å². The van der Waals surface area contributed by atoms with Crippen molar-refractivity contribution in [1.82, 2.24) is 20.0 Å². The van der Waals surface area contributed by atoms with Gasteiger partial charge in [0, 0.05) is 44.3 Å². The minimum Gasteiger partial charge on any atom is -0.374 e. The number of hydrogen-bond acceptors (Lipinski definition) is 5. The topological polar surface area (TPSA) is 85.3 Å². The Morgan fingerprint density at radius 3 is 2.52 bits per heavy atom. The van der Waals surface area contributed by atoms with Crippen LogP contribution in [0.15, 0.2) is 11.8 Å². The Morgan fingerprint density at radius 1 is 1.26 bits per heavy atom. The van der Waals surface area contributed by atoms with Crippen molar-refractivity contribution in [2.45, 2.75) is 71.8 Å². The molecule has 0 spiro atoms. The smallest absolute Gasteiger partial charge is 0.320 e. The van der Waals surface area contributed by atoms with Crippen LogP contribution in [0.2, 0.25) is 0 Å². The van der Waals surface area contributed by atoms with Crippen LogP contribution < -0.4 is 5.32 Å². The number of urea groups is 1. The molecular formula is C23H40N4O4. The zero-order valence-electron chi connectivity index (χ0n) is 19.8. The molecule has 0 aromatic rings. The van der Waals surface area contributed by atoms with Crippen LogP contribution in [0.4, 0.5) is 4.79 Å². The highest BCUT2D eigenvalue weighted by molar-refractivity contribution is 5.79. The normalized spacial score (nSPS) is 26.9. The zero-order chi connectivity index (χ0) is 22.8. The van der Waals surface area contributed by atoms with Crippen molar-refractivity contribution >= 4 is 11.9 Å². The molecule has 0 aliphatic carbocycles. The quantitative estimate of drug-likeness (QED) is 0.659. The van der Waals surface area contributed by atoms with Crippen LogP contribution in [0.3, 0.4) is 0 Å². The summed E-state index contributed by atoms with van der Waals surface area (Å²) in [5, 5.41) is 13.8. The molecule has 3 amide bonds. The van der Waals surface area contributed by atoms with Crippen molar-refractivity contribution in [3.8, 4) is 0 Å². The Labute approximate surface area is 186 Å². The third-order valence-corrected chi connectivity index (χ3v) is 6.89. The number of ether oxygens (including phenoxy) is 1. The first-order valence-electron chi connectivity index (χ1n) is 11.6. The fraction of sp³-hybridized carbons (Fsp3) is 0.826. The molecule has 3 unspecified atom stereocenters. The Kier molecular flexibility index (Phi) is 7.52. The van der Waals surface area contributed by atoms with Crippen LogP contribution in [0.25, 0.3) is 0 Å². The van der Waals surface area contributed by atoms with E-state index >= 15 is 0 Å². The Balaban J connectivity index is 1.47. The van der Waals surface area contributed by atoms with Gasteiger partial charge >= 0.3 is 6.03 Å². The number of carbonyl (C=O) groups is 2. The summed E-state index contributed by atoms with van der Waals surface area (Å²) < 4.78 is 5.59. The Bertz CT molecular complexity index is 682. The molecule has 0 radical (unpaired) electrons. The molecule has 3 atom stereocenters. The fourth-order valence-electron chi connectivity index (χ4n) is 5.22. The number of aliphatic hydroxyl groups is 1. The maximum absolute atomic E-state index is 13.0. The van der Waals surface area contributed by atoms with Gasteiger partial charge in [0.25, 0.3) is 0 Å². The monoisotopic (exact) mass is 436 g/mol. The number of aliphatic hydroxyl groups excluding tert-OH is 1. The largest absolute Gasteiger partial charge is 0.374 e. The summed E-state index contributed by atoms with van der Waals surface area (Å²) in [5.74, 6) is 0.295. The predicted molar refractivity (Wildman–Crippen MR) is 119 cm³/mol. The van der Waals surface area contributed by atoms with Crippen LogP contribution in [-0.2, 0) is 9.53 Å². The maximum Gasteiger partial charge on any atom is 0.320 e. The summed E-state index contributed by atoms with van der Waals surface area (Å²) in [5.41, 5.74) is 1.12. The van der Waals surface area contributed by atoms with E-state index < -0.39 is 6.23 Å². The molecule has 8 heteroatoms. The van der Waals surface area contributed by atoms with Gasteiger partial charge in [0.05, 0.1) is 12.1 Å². The van der Waals surface area contributed by atoms with E-state index in [1.54, 1.807) is 0 Å². The summed E-state index contributed by atoms with van der Waals surface area (Å²) in [4.78, 5) is 30.4. The van der Waals surface area contributed by atoms with Gasteiger partial charge in [-0.2, -0.15) is 0 Å². The summed E-state index contributed by atoms with van der Waals surface area (Å²) in [7, 11) is 1.96. The highest BCUT2D eigenvalue weighted by Crippen LogP contribution is 2.31. The Hall–Kier alpha value is -1.80. The number of likely N-dealkylation sites (tertiary alicyclic amines) is 2. The zero-order valence-corrected chi connectivity index (χ0v) is 19.8. The highest BCUT2D eigenvalue weighted by atomic mass is 16.5. The molecule has 0 aromatic heterocycles. The van der Waals surface area contributed by atoms with Crippen molar-refractivity contribution in [3.63, 3.8) is 0 Å². The molecule has 3 rings (SSSR count). The number of allylic oxidation sites excluding steroid dienone is 2. The fourth-order valence-corrected chi connectivity index (χ4v) is 5.22. The first kappa shape index (κ1) is 23.9. The number of morpholine rings is 1. The summed E-state index contributed by atoms with van der Waals surface area (Å²) in [6, 6.07) is -0.0517. The average Bonchev–Trinajstić information content (AvgIpc) is 2.72. The minimum atomic E-state index is -0.522. The molecule has 3 saturated heterocycles. The van der Waals surface area contributed by atoms with Gasteiger partial charge in [-0.25, -0.2) is 4.79 Å². The van der Waals surface area contributed by atoms with Gasteiger partial charge in [-0.05, 0) is 38.5 Å². The molecule has 31 heavy (non-hydrogen) atoms. The van der Waals surface area contributed by atoms with Crippen molar-refractivity contribution in [2.24, 2.45) is 11.3 Å². The van der Waals surface area contributed by atoms with Crippen molar-refractivity contribution in [1.29, 1.82) is 0 Å². The van der Waals surface area contributed by atoms with Crippen molar-refractivity contribution < 1.29 is 19.4 Å². The molecule has 0 saturated carbocycles. The molecule has 0 bridgehead atoms. The molecule has 176 valence electrons. The molecule has 8 nitrogen and oxygen atoms in total. The second kappa shape index (κ2) is 9.77. The second-order valence-electron chi connectivity index (χ2n) is 10.2. The lowest BCUT2D eigenvalue weighted by Crippen LogP contribution is -2.62. The molecule has 3 fully saturated rings. The van der Waals surface area contributed by atoms with Crippen LogP contribution >= 0.6 is 0 Å². The third-order valence-electron chi connectivity index (χ3n) is 6.89. The van der Waals surface area contributed by atoms with Crippen molar-refractivity contribution in [2.75, 3.05) is 39.8 Å². The van der Waals surface area contributed by atoms with E-state index in [4.69, 9.17) is 4.74 Å². The first-order valence-corrected chi connectivity index (χ1v) is 11.6. The number of amides is 3. The summed E-state index contributed by atoms with van der Waals surface area (Å²) in [6.45, 7) is 11.2. The molecule has 3 aliphatic rings. The van der Waals surface area contributed by atoms with Gasteiger partial charge in [-0.1, -0.05) is 26.8 Å². The van der Waals surface area contributed by atoms with Gasteiger partial charge < -0.3 is 29.9 Å². The van der Waals surface area contributed by atoms with E-state index in [-0.39, 0.29) is 36.1 Å². The first-order chi connectivity index (χ1) is 14.6. The van der Waals surface area contributed by atoms with Crippen LogP contribution in [0, 0.1) is 11.3 Å². The molecular weight excluding hydrogens is 396 g/mol. The van der Waals surface area contributed by atoms with Gasteiger partial charge in [0.2, 0.25) is 5.91 Å². The number of carbonyl (C=O) groups excluding carboxylic acids is 2. The molecule has 2 N–H and O–H groups in total. The van der Waals surface area contributed by atoms with E-state index in [0.29, 0.717) is 38.5 Å².